The molecule has 0 aliphatic carbocycles. The van der Waals surface area contributed by atoms with E-state index < -0.39 is 11.9 Å². The fourth-order valence-electron chi connectivity index (χ4n) is 3.20. The van der Waals surface area contributed by atoms with Crippen LogP contribution in [0.25, 0.3) is 22.4 Å². The van der Waals surface area contributed by atoms with Gasteiger partial charge >= 0.3 is 0 Å². The number of rotatable bonds is 5. The lowest BCUT2D eigenvalue weighted by Gasteiger charge is -2.14. The van der Waals surface area contributed by atoms with Gasteiger partial charge in [-0.1, -0.05) is 54.1 Å². The van der Waals surface area contributed by atoms with E-state index in [-0.39, 0.29) is 0 Å². The van der Waals surface area contributed by atoms with Crippen LogP contribution in [-0.2, 0) is 4.79 Å². The van der Waals surface area contributed by atoms with Crippen LogP contribution in [0.4, 0.5) is 5.82 Å². The number of nitrogens with zero attached hydrogens (tertiary/aromatic N) is 4. The molecule has 0 fully saturated rings. The molecule has 0 unspecified atom stereocenters. The van der Waals surface area contributed by atoms with Gasteiger partial charge in [0.05, 0.1) is 17.5 Å². The van der Waals surface area contributed by atoms with Gasteiger partial charge in [-0.15, -0.1) is 0 Å². The number of amides is 1. The summed E-state index contributed by atoms with van der Waals surface area (Å²) in [6.07, 6.45) is 4.74. The van der Waals surface area contributed by atoms with Crippen LogP contribution in [0.1, 0.15) is 11.6 Å². The van der Waals surface area contributed by atoms with Crippen LogP contribution in [0.15, 0.2) is 73.3 Å². The molecule has 2 aromatic carbocycles. The van der Waals surface area contributed by atoms with E-state index in [4.69, 9.17) is 23.1 Å². The van der Waals surface area contributed by atoms with Crippen LogP contribution in [-0.4, -0.2) is 25.7 Å². The summed E-state index contributed by atoms with van der Waals surface area (Å²) in [5.74, 6) is -0.175. The summed E-state index contributed by atoms with van der Waals surface area (Å²) in [6.45, 7) is 0. The van der Waals surface area contributed by atoms with Crippen molar-refractivity contribution in [2.75, 3.05) is 5.73 Å². The van der Waals surface area contributed by atoms with Crippen molar-refractivity contribution in [2.24, 2.45) is 5.73 Å². The average molecular weight is 405 g/mol. The summed E-state index contributed by atoms with van der Waals surface area (Å²) in [5, 5.41) is 4.98. The summed E-state index contributed by atoms with van der Waals surface area (Å²) in [4.78, 5) is 20.6. The zero-order valence-electron chi connectivity index (χ0n) is 15.2. The Balaban J connectivity index is 1.80. The third-order valence-electron chi connectivity index (χ3n) is 4.53. The molecule has 4 rings (SSSR count). The molecule has 0 radical (unpaired) electrons. The summed E-state index contributed by atoms with van der Waals surface area (Å²) in [7, 11) is 0. The Morgan fingerprint density at radius 3 is 2.41 bits per heavy atom. The second-order valence-electron chi connectivity index (χ2n) is 6.41. The number of anilines is 1. The lowest BCUT2D eigenvalue weighted by atomic mass is 10.0. The first-order chi connectivity index (χ1) is 14.0. The predicted molar refractivity (Wildman–Crippen MR) is 112 cm³/mol. The van der Waals surface area contributed by atoms with Crippen molar-refractivity contribution in [3.63, 3.8) is 0 Å². The van der Waals surface area contributed by atoms with Crippen molar-refractivity contribution in [1.82, 2.24) is 19.7 Å². The van der Waals surface area contributed by atoms with Crippen molar-refractivity contribution >= 4 is 23.3 Å². The van der Waals surface area contributed by atoms with Crippen LogP contribution in [0.2, 0.25) is 5.02 Å². The van der Waals surface area contributed by atoms with E-state index in [1.165, 1.54) is 11.0 Å². The fourth-order valence-corrected chi connectivity index (χ4v) is 3.33. The number of nitrogens with two attached hydrogens (primary N) is 2. The number of benzene rings is 2. The highest BCUT2D eigenvalue weighted by Crippen LogP contribution is 2.34. The minimum atomic E-state index is -0.733. The molecule has 1 amide bonds. The van der Waals surface area contributed by atoms with Crippen molar-refractivity contribution < 1.29 is 4.79 Å². The molecule has 0 saturated carbocycles. The van der Waals surface area contributed by atoms with E-state index in [1.54, 1.807) is 24.5 Å². The maximum Gasteiger partial charge on any atom is 0.246 e. The Bertz CT molecular complexity index is 1160. The first kappa shape index (κ1) is 18.6. The van der Waals surface area contributed by atoms with E-state index in [0.29, 0.717) is 27.7 Å². The van der Waals surface area contributed by atoms with Gasteiger partial charge in [0.1, 0.15) is 12.1 Å². The Morgan fingerprint density at radius 2 is 1.72 bits per heavy atom. The van der Waals surface area contributed by atoms with Crippen LogP contribution >= 0.6 is 11.6 Å². The molecule has 0 bridgehead atoms. The number of primary amides is 1. The number of hydrogen-bond donors (Lipinski definition) is 2. The molecule has 1 atom stereocenters. The van der Waals surface area contributed by atoms with Crippen molar-refractivity contribution in [1.29, 1.82) is 0 Å². The van der Waals surface area contributed by atoms with Crippen LogP contribution in [0.3, 0.4) is 0 Å². The molecule has 0 saturated heterocycles. The molecule has 4 N–H and O–H groups in total. The molecular formula is C21H17ClN6O. The Morgan fingerprint density at radius 1 is 1.00 bits per heavy atom. The Hall–Kier alpha value is -3.71. The average Bonchev–Trinajstić information content (AvgIpc) is 3.19. The van der Waals surface area contributed by atoms with Crippen LogP contribution < -0.4 is 11.5 Å². The molecule has 144 valence electrons. The zero-order chi connectivity index (χ0) is 20.4. The second-order valence-corrected chi connectivity index (χ2v) is 6.85. The normalized spacial score (nSPS) is 11.9. The lowest BCUT2D eigenvalue weighted by Crippen LogP contribution is -2.27. The zero-order valence-corrected chi connectivity index (χ0v) is 16.0. The number of carbonyl (C=O) groups excluding carboxylic acids is 1. The number of carbonyl (C=O) groups is 1. The summed E-state index contributed by atoms with van der Waals surface area (Å²) in [6, 6.07) is 15.7. The Labute approximate surface area is 172 Å². The van der Waals surface area contributed by atoms with Gasteiger partial charge in [-0.3, -0.25) is 9.48 Å². The van der Waals surface area contributed by atoms with E-state index in [2.05, 4.69) is 15.1 Å². The molecule has 2 heterocycles. The highest BCUT2D eigenvalue weighted by Gasteiger charge is 2.22. The van der Waals surface area contributed by atoms with E-state index in [0.717, 1.165) is 11.1 Å². The SMILES string of the molecule is NC(=O)[C@@H](c1ccccc1)n1cc(-c2ncnc(N)c2-c2ccc(Cl)cc2)cn1. The largest absolute Gasteiger partial charge is 0.383 e. The van der Waals surface area contributed by atoms with Crippen LogP contribution in [0, 0.1) is 0 Å². The molecule has 29 heavy (non-hydrogen) atoms. The van der Waals surface area contributed by atoms with Crippen LogP contribution in [0.5, 0.6) is 0 Å². The first-order valence-electron chi connectivity index (χ1n) is 8.80. The molecule has 0 aliphatic rings. The van der Waals surface area contributed by atoms with E-state index >= 15 is 0 Å². The predicted octanol–water partition coefficient (Wildman–Crippen LogP) is 3.32. The fraction of sp³-hybridized carbons (Fsp3) is 0.0476. The maximum absolute atomic E-state index is 12.1. The molecular weight excluding hydrogens is 388 g/mol. The van der Waals surface area contributed by atoms with E-state index in [9.17, 15) is 4.79 Å². The second kappa shape index (κ2) is 7.73. The molecule has 7 nitrogen and oxygen atoms in total. The molecule has 0 aliphatic heterocycles. The topological polar surface area (TPSA) is 113 Å². The third-order valence-corrected chi connectivity index (χ3v) is 4.79. The summed E-state index contributed by atoms with van der Waals surface area (Å²) in [5.41, 5.74) is 15.3. The molecule has 4 aromatic rings. The van der Waals surface area contributed by atoms with Gasteiger partial charge in [0.2, 0.25) is 5.91 Å². The Kier molecular flexibility index (Phi) is 4.97. The summed E-state index contributed by atoms with van der Waals surface area (Å²) >= 11 is 6.00. The monoisotopic (exact) mass is 404 g/mol. The van der Waals surface area contributed by atoms with Crippen molar-refractivity contribution in [3.8, 4) is 22.4 Å². The summed E-state index contributed by atoms with van der Waals surface area (Å²) < 4.78 is 1.52. The third kappa shape index (κ3) is 3.68. The number of nitrogen functional groups attached to an aromatic ring is 1. The van der Waals surface area contributed by atoms with Crippen molar-refractivity contribution in [2.45, 2.75) is 6.04 Å². The number of halogens is 1. The standard InChI is InChI=1S/C21H17ClN6O/c22-16-8-6-13(7-9-16)17-18(25-12-26-20(17)23)15-10-27-28(11-15)19(21(24)29)14-4-2-1-3-5-14/h1-12,19H,(H2,24,29)(H2,23,25,26)/t19-/m1/s1. The lowest BCUT2D eigenvalue weighted by molar-refractivity contribution is -0.120. The molecule has 0 spiro atoms. The smallest absolute Gasteiger partial charge is 0.246 e. The van der Waals surface area contributed by atoms with Gasteiger partial charge in [0, 0.05) is 16.8 Å². The van der Waals surface area contributed by atoms with Gasteiger partial charge in [-0.2, -0.15) is 5.10 Å². The number of aromatic nitrogens is 4. The minimum absolute atomic E-state index is 0.333. The van der Waals surface area contributed by atoms with Gasteiger partial charge < -0.3 is 11.5 Å². The van der Waals surface area contributed by atoms with Crippen molar-refractivity contribution in [3.05, 3.63) is 83.9 Å². The van der Waals surface area contributed by atoms with Gasteiger partial charge in [0.25, 0.3) is 0 Å². The minimum Gasteiger partial charge on any atom is -0.383 e. The highest BCUT2D eigenvalue weighted by atomic mass is 35.5. The number of hydrogen-bond acceptors (Lipinski definition) is 5. The van der Waals surface area contributed by atoms with Gasteiger partial charge in [-0.05, 0) is 23.3 Å². The first-order valence-corrected chi connectivity index (χ1v) is 9.17. The quantitative estimate of drug-likeness (QED) is 0.529. The highest BCUT2D eigenvalue weighted by molar-refractivity contribution is 6.30. The van der Waals surface area contributed by atoms with Gasteiger partial charge in [-0.25, -0.2) is 9.97 Å². The van der Waals surface area contributed by atoms with E-state index in [1.807, 2.05) is 42.5 Å². The molecule has 2 aromatic heterocycles. The van der Waals surface area contributed by atoms with Gasteiger partial charge in [0.15, 0.2) is 6.04 Å². The maximum atomic E-state index is 12.1. The molecule has 8 heteroatoms.